The van der Waals surface area contributed by atoms with E-state index in [1.807, 2.05) is 13.8 Å². The number of rotatable bonds is 2. The maximum absolute atomic E-state index is 10.9. The predicted molar refractivity (Wildman–Crippen MR) is 53.9 cm³/mol. The van der Waals surface area contributed by atoms with Gasteiger partial charge < -0.3 is 10.2 Å². The van der Waals surface area contributed by atoms with Crippen LogP contribution in [-0.4, -0.2) is 16.2 Å². The lowest BCUT2D eigenvalue weighted by Crippen LogP contribution is -2.04. The van der Waals surface area contributed by atoms with Crippen LogP contribution < -0.4 is 0 Å². The van der Waals surface area contributed by atoms with Crippen LogP contribution in [0, 0.1) is 6.92 Å². The van der Waals surface area contributed by atoms with Crippen molar-refractivity contribution in [2.24, 2.45) is 0 Å². The predicted octanol–water partition coefficient (Wildman–Crippen LogP) is 2.52. The zero-order chi connectivity index (χ0) is 10.9. The minimum atomic E-state index is -0.947. The monoisotopic (exact) mass is 194 g/mol. The van der Waals surface area contributed by atoms with Crippen molar-refractivity contribution in [1.82, 2.24) is 0 Å². The largest absolute Gasteiger partial charge is 0.508 e. The van der Waals surface area contributed by atoms with E-state index in [4.69, 9.17) is 5.11 Å². The molecule has 1 aromatic rings. The number of benzene rings is 1. The van der Waals surface area contributed by atoms with Crippen LogP contribution >= 0.6 is 0 Å². The quantitative estimate of drug-likeness (QED) is 0.760. The summed E-state index contributed by atoms with van der Waals surface area (Å²) in [4.78, 5) is 10.9. The Hall–Kier alpha value is -1.51. The molecule has 3 heteroatoms. The molecule has 14 heavy (non-hydrogen) atoms. The second kappa shape index (κ2) is 3.70. The van der Waals surface area contributed by atoms with Crippen molar-refractivity contribution in [2.75, 3.05) is 0 Å². The van der Waals surface area contributed by atoms with E-state index in [0.29, 0.717) is 11.1 Å². The van der Waals surface area contributed by atoms with Gasteiger partial charge in [0.25, 0.3) is 0 Å². The molecular formula is C11H14O3. The summed E-state index contributed by atoms with van der Waals surface area (Å²) in [6.45, 7) is 5.49. The summed E-state index contributed by atoms with van der Waals surface area (Å²) in [5, 5.41) is 18.4. The van der Waals surface area contributed by atoms with Gasteiger partial charge in [0.2, 0.25) is 0 Å². The van der Waals surface area contributed by atoms with Crippen LogP contribution in [0.5, 0.6) is 5.75 Å². The molecule has 0 aliphatic heterocycles. The fourth-order valence-electron chi connectivity index (χ4n) is 1.38. The van der Waals surface area contributed by atoms with Crippen LogP contribution in [0.15, 0.2) is 12.1 Å². The normalized spacial score (nSPS) is 10.6. The minimum absolute atomic E-state index is 0.0904. The summed E-state index contributed by atoms with van der Waals surface area (Å²) in [6.07, 6.45) is 0. The Morgan fingerprint density at radius 1 is 1.36 bits per heavy atom. The Labute approximate surface area is 83.0 Å². The summed E-state index contributed by atoms with van der Waals surface area (Å²) >= 11 is 0. The van der Waals surface area contributed by atoms with Crippen molar-refractivity contribution < 1.29 is 15.0 Å². The molecule has 0 amide bonds. The third kappa shape index (κ3) is 1.87. The molecule has 1 rings (SSSR count). The van der Waals surface area contributed by atoms with Crippen LogP contribution in [0.2, 0.25) is 0 Å². The first kappa shape index (κ1) is 10.6. The molecule has 0 saturated carbocycles. The molecule has 2 N–H and O–H groups in total. The molecular weight excluding hydrogens is 180 g/mol. The van der Waals surface area contributed by atoms with Crippen LogP contribution in [0.4, 0.5) is 0 Å². The van der Waals surface area contributed by atoms with E-state index >= 15 is 0 Å². The van der Waals surface area contributed by atoms with Crippen LogP contribution in [0.1, 0.15) is 41.3 Å². The first-order chi connectivity index (χ1) is 6.43. The van der Waals surface area contributed by atoms with Crippen molar-refractivity contribution in [2.45, 2.75) is 26.7 Å². The Balaban J connectivity index is 3.39. The number of carboxylic acids is 1. The first-order valence-electron chi connectivity index (χ1n) is 4.50. The molecule has 3 nitrogen and oxygen atoms in total. The number of aromatic hydroxyl groups is 1. The second-order valence-electron chi connectivity index (χ2n) is 3.69. The highest BCUT2D eigenvalue weighted by molar-refractivity contribution is 5.90. The lowest BCUT2D eigenvalue weighted by atomic mass is 9.95. The topological polar surface area (TPSA) is 57.5 Å². The average molecular weight is 194 g/mol. The smallest absolute Gasteiger partial charge is 0.335 e. The van der Waals surface area contributed by atoms with Crippen molar-refractivity contribution >= 4 is 5.97 Å². The summed E-state index contributed by atoms with van der Waals surface area (Å²) in [6, 6.07) is 3.04. The average Bonchev–Trinajstić information content (AvgIpc) is 2.08. The Kier molecular flexibility index (Phi) is 2.79. The van der Waals surface area contributed by atoms with Crippen LogP contribution in [0.3, 0.4) is 0 Å². The van der Waals surface area contributed by atoms with Crippen LogP contribution in [-0.2, 0) is 0 Å². The van der Waals surface area contributed by atoms with Gasteiger partial charge >= 0.3 is 5.97 Å². The first-order valence-corrected chi connectivity index (χ1v) is 4.50. The van der Waals surface area contributed by atoms with Gasteiger partial charge in [-0.15, -0.1) is 0 Å². The van der Waals surface area contributed by atoms with E-state index in [2.05, 4.69) is 0 Å². The molecule has 0 atom stereocenters. The van der Waals surface area contributed by atoms with Gasteiger partial charge in [-0.2, -0.15) is 0 Å². The summed E-state index contributed by atoms with van der Waals surface area (Å²) in [5.41, 5.74) is 1.53. The number of hydrogen-bond acceptors (Lipinski definition) is 2. The molecule has 0 radical (unpaired) electrons. The van der Waals surface area contributed by atoms with Gasteiger partial charge in [0, 0.05) is 0 Å². The highest BCUT2D eigenvalue weighted by Crippen LogP contribution is 2.27. The van der Waals surface area contributed by atoms with Gasteiger partial charge in [-0.1, -0.05) is 13.8 Å². The second-order valence-corrected chi connectivity index (χ2v) is 3.69. The lowest BCUT2D eigenvalue weighted by Gasteiger charge is -2.11. The molecule has 0 aliphatic carbocycles. The van der Waals surface area contributed by atoms with Gasteiger partial charge in [0.1, 0.15) is 5.75 Å². The molecule has 0 saturated heterocycles. The summed E-state index contributed by atoms with van der Waals surface area (Å²) in [5.74, 6) is -0.705. The van der Waals surface area contributed by atoms with Crippen LogP contribution in [0.25, 0.3) is 0 Å². The van der Waals surface area contributed by atoms with E-state index in [0.717, 1.165) is 0 Å². The number of carboxylic acid groups (broad SMARTS) is 1. The van der Waals surface area contributed by atoms with Crippen molar-refractivity contribution in [3.63, 3.8) is 0 Å². The molecule has 76 valence electrons. The molecule has 0 fully saturated rings. The SMILES string of the molecule is Cc1cc(C(=O)O)c(C(C)C)cc1O. The van der Waals surface area contributed by atoms with Crippen molar-refractivity contribution in [1.29, 1.82) is 0 Å². The maximum atomic E-state index is 10.9. The summed E-state index contributed by atoms with van der Waals surface area (Å²) in [7, 11) is 0. The van der Waals surface area contributed by atoms with E-state index < -0.39 is 5.97 Å². The van der Waals surface area contributed by atoms with Crippen molar-refractivity contribution in [3.05, 3.63) is 28.8 Å². The van der Waals surface area contributed by atoms with Gasteiger partial charge in [-0.25, -0.2) is 4.79 Å². The highest BCUT2D eigenvalue weighted by atomic mass is 16.4. The number of hydrogen-bond donors (Lipinski definition) is 2. The molecule has 0 bridgehead atoms. The molecule has 0 spiro atoms. The van der Waals surface area contributed by atoms with E-state index in [1.165, 1.54) is 12.1 Å². The molecule has 1 aromatic carbocycles. The Morgan fingerprint density at radius 2 is 1.93 bits per heavy atom. The summed E-state index contributed by atoms with van der Waals surface area (Å²) < 4.78 is 0. The van der Waals surface area contributed by atoms with Gasteiger partial charge in [-0.3, -0.25) is 0 Å². The van der Waals surface area contributed by atoms with Gasteiger partial charge in [0.05, 0.1) is 5.56 Å². The molecule has 0 aromatic heterocycles. The van der Waals surface area contributed by atoms with E-state index in [9.17, 15) is 9.90 Å². The fraction of sp³-hybridized carbons (Fsp3) is 0.364. The zero-order valence-corrected chi connectivity index (χ0v) is 8.53. The number of aromatic carboxylic acids is 1. The number of phenols is 1. The highest BCUT2D eigenvalue weighted by Gasteiger charge is 2.14. The van der Waals surface area contributed by atoms with E-state index in [-0.39, 0.29) is 17.2 Å². The number of phenolic OH excluding ortho intramolecular Hbond substituents is 1. The zero-order valence-electron chi connectivity index (χ0n) is 8.53. The van der Waals surface area contributed by atoms with Gasteiger partial charge in [0.15, 0.2) is 0 Å². The minimum Gasteiger partial charge on any atom is -0.508 e. The Bertz CT molecular complexity index is 367. The number of aryl methyl sites for hydroxylation is 1. The third-order valence-electron chi connectivity index (χ3n) is 2.22. The number of carbonyl (C=O) groups is 1. The third-order valence-corrected chi connectivity index (χ3v) is 2.22. The fourth-order valence-corrected chi connectivity index (χ4v) is 1.38. The molecule has 0 aliphatic rings. The maximum Gasteiger partial charge on any atom is 0.335 e. The van der Waals surface area contributed by atoms with Gasteiger partial charge in [-0.05, 0) is 36.1 Å². The standard InChI is InChI=1S/C11H14O3/c1-6(2)8-5-10(12)7(3)4-9(8)11(13)14/h4-6,12H,1-3H3,(H,13,14). The van der Waals surface area contributed by atoms with Crippen molar-refractivity contribution in [3.8, 4) is 5.75 Å². The molecule has 0 heterocycles. The Morgan fingerprint density at radius 3 is 2.36 bits per heavy atom. The molecule has 0 unspecified atom stereocenters. The lowest BCUT2D eigenvalue weighted by molar-refractivity contribution is 0.0695. The van der Waals surface area contributed by atoms with E-state index in [1.54, 1.807) is 6.92 Å².